The highest BCUT2D eigenvalue weighted by Crippen LogP contribution is 2.18. The summed E-state index contributed by atoms with van der Waals surface area (Å²) in [4.78, 5) is 9.69. The molecule has 3 N–H and O–H groups in total. The van der Waals surface area contributed by atoms with Gasteiger partial charge in [-0.3, -0.25) is 4.79 Å². The fourth-order valence-electron chi connectivity index (χ4n) is 0.604. The van der Waals surface area contributed by atoms with Crippen molar-refractivity contribution in [2.75, 3.05) is 0 Å². The van der Waals surface area contributed by atoms with Gasteiger partial charge in [0.1, 0.15) is 10.9 Å². The lowest BCUT2D eigenvalue weighted by Crippen LogP contribution is -2.32. The van der Waals surface area contributed by atoms with Crippen LogP contribution in [0.15, 0.2) is 0 Å². The zero-order chi connectivity index (χ0) is 9.02. The highest BCUT2D eigenvalue weighted by Gasteiger charge is 2.19. The molecule has 0 aliphatic heterocycles. The van der Waals surface area contributed by atoms with Crippen LogP contribution in [-0.4, -0.2) is 22.0 Å². The molecule has 0 heterocycles. The minimum absolute atomic E-state index is 0.0931. The van der Waals surface area contributed by atoms with Crippen LogP contribution in [0, 0.1) is 5.92 Å². The maximum Gasteiger partial charge on any atom is 0.320 e. The minimum atomic E-state index is -1.02. The van der Waals surface area contributed by atoms with E-state index < -0.39 is 16.8 Å². The molecule has 2 atom stereocenters. The first-order valence-electron chi connectivity index (χ1n) is 3.21. The Morgan fingerprint density at radius 3 is 2.36 bits per heavy atom. The Balaban J connectivity index is 3.75. The van der Waals surface area contributed by atoms with Crippen molar-refractivity contribution in [1.82, 2.24) is 0 Å². The largest absolute Gasteiger partial charge is 0.480 e. The number of carboxylic acids is 1. The topological polar surface area (TPSA) is 63.3 Å². The summed E-state index contributed by atoms with van der Waals surface area (Å²) >= 11 is 11.0. The van der Waals surface area contributed by atoms with Gasteiger partial charge in [-0.2, -0.15) is 0 Å². The van der Waals surface area contributed by atoms with E-state index in [4.69, 9.17) is 34.0 Å². The molecule has 0 saturated heterocycles. The van der Waals surface area contributed by atoms with Crippen LogP contribution < -0.4 is 5.73 Å². The molecule has 0 fully saturated rings. The molecule has 0 spiro atoms. The molecule has 0 aliphatic carbocycles. The molecule has 0 saturated carbocycles. The number of hydrogen-bond donors (Lipinski definition) is 2. The van der Waals surface area contributed by atoms with E-state index in [2.05, 4.69) is 0 Å². The molecule has 5 heteroatoms. The lowest BCUT2D eigenvalue weighted by atomic mass is 10.0. The summed E-state index contributed by atoms with van der Waals surface area (Å²) in [5, 5.41) is 8.40. The Hall–Kier alpha value is 0.01000. The van der Waals surface area contributed by atoms with E-state index >= 15 is 0 Å². The molecule has 11 heavy (non-hydrogen) atoms. The lowest BCUT2D eigenvalue weighted by molar-refractivity contribution is -0.138. The minimum Gasteiger partial charge on any atom is -0.480 e. The van der Waals surface area contributed by atoms with Crippen molar-refractivity contribution in [2.45, 2.75) is 24.2 Å². The van der Waals surface area contributed by atoms with Gasteiger partial charge in [-0.05, 0) is 12.3 Å². The second kappa shape index (κ2) is 4.80. The molecule has 3 nitrogen and oxygen atoms in total. The molecule has 0 radical (unpaired) electrons. The zero-order valence-corrected chi connectivity index (χ0v) is 7.64. The Morgan fingerprint density at radius 1 is 1.64 bits per heavy atom. The fraction of sp³-hybridized carbons (Fsp3) is 0.833. The fourth-order valence-corrected chi connectivity index (χ4v) is 0.810. The summed E-state index contributed by atoms with van der Waals surface area (Å²) in [6.07, 6.45) is 0.299. The highest BCUT2D eigenvalue weighted by atomic mass is 35.5. The second-order valence-corrected chi connectivity index (χ2v) is 3.66. The molecule has 0 aromatic heterocycles. The lowest BCUT2D eigenvalue weighted by Gasteiger charge is -2.14. The molecular weight excluding hydrogens is 189 g/mol. The number of hydrogen-bond acceptors (Lipinski definition) is 2. The zero-order valence-electron chi connectivity index (χ0n) is 6.13. The van der Waals surface area contributed by atoms with Gasteiger partial charge in [0.05, 0.1) is 0 Å². The molecule has 0 aromatic carbocycles. The number of aliphatic carboxylic acids is 1. The van der Waals surface area contributed by atoms with Crippen LogP contribution in [0.1, 0.15) is 13.3 Å². The van der Waals surface area contributed by atoms with Crippen molar-refractivity contribution in [3.05, 3.63) is 0 Å². The van der Waals surface area contributed by atoms with Crippen LogP contribution >= 0.6 is 23.2 Å². The van der Waals surface area contributed by atoms with Crippen molar-refractivity contribution >= 4 is 29.2 Å². The molecular formula is C6H11Cl2NO2. The van der Waals surface area contributed by atoms with E-state index in [1.54, 1.807) is 6.92 Å². The Morgan fingerprint density at radius 2 is 2.09 bits per heavy atom. The van der Waals surface area contributed by atoms with Gasteiger partial charge in [0.25, 0.3) is 0 Å². The van der Waals surface area contributed by atoms with Crippen LogP contribution in [0.3, 0.4) is 0 Å². The van der Waals surface area contributed by atoms with Gasteiger partial charge in [-0.1, -0.05) is 6.92 Å². The van der Waals surface area contributed by atoms with Crippen LogP contribution in [0.2, 0.25) is 0 Å². The van der Waals surface area contributed by atoms with Gasteiger partial charge in [0.2, 0.25) is 0 Å². The maximum absolute atomic E-state index is 10.2. The normalized spacial score (nSPS) is 16.5. The predicted octanol–water partition coefficient (Wildman–Crippen LogP) is 1.23. The first-order chi connectivity index (χ1) is 4.95. The Labute approximate surface area is 75.5 Å². The highest BCUT2D eigenvalue weighted by molar-refractivity contribution is 6.44. The van der Waals surface area contributed by atoms with E-state index in [0.29, 0.717) is 6.42 Å². The summed E-state index contributed by atoms with van der Waals surface area (Å²) in [7, 11) is 0. The average molecular weight is 200 g/mol. The van der Waals surface area contributed by atoms with Crippen LogP contribution in [0.25, 0.3) is 0 Å². The summed E-state index contributed by atoms with van der Waals surface area (Å²) in [6, 6.07) is -0.870. The Kier molecular flexibility index (Phi) is 4.81. The first-order valence-corrected chi connectivity index (χ1v) is 4.09. The molecule has 0 amide bonds. The number of nitrogens with two attached hydrogens (primary N) is 1. The smallest absolute Gasteiger partial charge is 0.320 e. The average Bonchev–Trinajstić information content (AvgIpc) is 1.87. The molecule has 0 unspecified atom stereocenters. The third-order valence-corrected chi connectivity index (χ3v) is 2.23. The van der Waals surface area contributed by atoms with Crippen molar-refractivity contribution in [3.8, 4) is 0 Å². The van der Waals surface area contributed by atoms with Crippen LogP contribution in [0.5, 0.6) is 0 Å². The van der Waals surface area contributed by atoms with Crippen molar-refractivity contribution < 1.29 is 9.90 Å². The molecule has 66 valence electrons. The Bertz CT molecular complexity index is 141. The van der Waals surface area contributed by atoms with Gasteiger partial charge in [-0.15, -0.1) is 23.2 Å². The van der Waals surface area contributed by atoms with Crippen molar-refractivity contribution in [3.63, 3.8) is 0 Å². The molecule has 0 aromatic rings. The number of rotatable bonds is 4. The van der Waals surface area contributed by atoms with E-state index in [-0.39, 0.29) is 5.92 Å². The van der Waals surface area contributed by atoms with Crippen LogP contribution in [0.4, 0.5) is 0 Å². The monoisotopic (exact) mass is 199 g/mol. The maximum atomic E-state index is 10.2. The number of alkyl halides is 2. The first kappa shape index (κ1) is 11.0. The second-order valence-electron chi connectivity index (χ2n) is 2.49. The summed E-state index contributed by atoms with van der Waals surface area (Å²) in [6.45, 7) is 1.76. The van der Waals surface area contributed by atoms with Gasteiger partial charge in [0, 0.05) is 0 Å². The van der Waals surface area contributed by atoms with E-state index in [1.165, 1.54) is 0 Å². The summed E-state index contributed by atoms with van der Waals surface area (Å²) in [5.41, 5.74) is 5.24. The third kappa shape index (κ3) is 4.45. The van der Waals surface area contributed by atoms with Crippen molar-refractivity contribution in [1.29, 1.82) is 0 Å². The van der Waals surface area contributed by atoms with Gasteiger partial charge in [-0.25, -0.2) is 0 Å². The van der Waals surface area contributed by atoms with Crippen LogP contribution in [-0.2, 0) is 4.79 Å². The van der Waals surface area contributed by atoms with Gasteiger partial charge >= 0.3 is 5.97 Å². The van der Waals surface area contributed by atoms with E-state index in [1.807, 2.05) is 0 Å². The number of carbonyl (C=O) groups is 1. The molecule has 0 bridgehead atoms. The SMILES string of the molecule is C[C@H](C[C@@H](N)C(=O)O)C(Cl)Cl. The summed E-state index contributed by atoms with van der Waals surface area (Å²) in [5.74, 6) is -1.12. The summed E-state index contributed by atoms with van der Waals surface area (Å²) < 4.78 is 0. The number of carboxylic acid groups (broad SMARTS) is 1. The quantitative estimate of drug-likeness (QED) is 0.670. The van der Waals surface area contributed by atoms with E-state index in [0.717, 1.165) is 0 Å². The standard InChI is InChI=1S/C6H11Cl2NO2/c1-3(5(7)8)2-4(9)6(10)11/h3-5H,2,9H2,1H3,(H,10,11)/t3-,4-/m1/s1. The van der Waals surface area contributed by atoms with Crippen molar-refractivity contribution in [2.24, 2.45) is 11.7 Å². The predicted molar refractivity (Wildman–Crippen MR) is 44.9 cm³/mol. The van der Waals surface area contributed by atoms with Gasteiger partial charge in [0.15, 0.2) is 0 Å². The van der Waals surface area contributed by atoms with E-state index in [9.17, 15) is 4.79 Å². The third-order valence-electron chi connectivity index (χ3n) is 1.37. The molecule has 0 rings (SSSR count). The molecule has 0 aliphatic rings. The van der Waals surface area contributed by atoms with Gasteiger partial charge < -0.3 is 10.8 Å². The number of halogens is 2.